The molecule has 0 bridgehead atoms. The number of hydrogen-bond donors (Lipinski definition) is 0. The van der Waals surface area contributed by atoms with Crippen LogP contribution in [0.25, 0.3) is 11.4 Å². The van der Waals surface area contributed by atoms with E-state index in [1.807, 2.05) is 13.8 Å². The smallest absolute Gasteiger partial charge is 0.341 e. The number of halogens is 4. The molecule has 0 saturated heterocycles. The van der Waals surface area contributed by atoms with Crippen molar-refractivity contribution in [2.75, 3.05) is 13.1 Å². The number of aryl methyl sites for hydroxylation is 1. The first-order valence-corrected chi connectivity index (χ1v) is 11.0. The zero-order valence-corrected chi connectivity index (χ0v) is 20.2. The van der Waals surface area contributed by atoms with Gasteiger partial charge in [-0.05, 0) is 57.0 Å². The SMILES string of the molecule is C=CC(=N/C=C(\C)C(F)(F)F)n1c(-c2ccc(Cl)cc2C)nn(CC(=O)N(CC)CCC)c1=O. The van der Waals surface area contributed by atoms with Crippen LogP contribution in [0.4, 0.5) is 13.2 Å². The van der Waals surface area contributed by atoms with Crippen molar-refractivity contribution in [3.05, 3.63) is 63.7 Å². The van der Waals surface area contributed by atoms with E-state index in [0.717, 1.165) is 28.7 Å². The Morgan fingerprint density at radius 2 is 2.00 bits per heavy atom. The molecule has 1 amide bonds. The Morgan fingerprint density at radius 3 is 2.53 bits per heavy atom. The highest BCUT2D eigenvalue weighted by Gasteiger charge is 2.30. The molecule has 0 N–H and O–H groups in total. The van der Waals surface area contributed by atoms with Crippen molar-refractivity contribution in [2.24, 2.45) is 4.99 Å². The Morgan fingerprint density at radius 1 is 1.32 bits per heavy atom. The summed E-state index contributed by atoms with van der Waals surface area (Å²) in [6, 6.07) is 4.89. The largest absolute Gasteiger partial charge is 0.413 e. The molecule has 2 aromatic rings. The minimum atomic E-state index is -4.57. The Labute approximate surface area is 200 Å². The third kappa shape index (κ3) is 6.25. The van der Waals surface area contributed by atoms with Gasteiger partial charge in [0.1, 0.15) is 12.4 Å². The number of alkyl halides is 3. The van der Waals surface area contributed by atoms with Crippen LogP contribution < -0.4 is 5.69 Å². The Balaban J connectivity index is 2.71. The van der Waals surface area contributed by atoms with Gasteiger partial charge in [-0.1, -0.05) is 25.1 Å². The second-order valence-corrected chi connectivity index (χ2v) is 7.97. The van der Waals surface area contributed by atoms with E-state index >= 15 is 0 Å². The average molecular weight is 498 g/mol. The van der Waals surface area contributed by atoms with Crippen molar-refractivity contribution in [2.45, 2.75) is 46.8 Å². The first-order valence-electron chi connectivity index (χ1n) is 10.6. The number of carbonyl (C=O) groups is 1. The second-order valence-electron chi connectivity index (χ2n) is 7.53. The number of carbonyl (C=O) groups excluding carboxylic acids is 1. The second kappa shape index (κ2) is 11.3. The van der Waals surface area contributed by atoms with E-state index in [0.29, 0.717) is 35.4 Å². The molecule has 0 aliphatic carbocycles. The van der Waals surface area contributed by atoms with Gasteiger partial charge in [-0.2, -0.15) is 13.2 Å². The number of hydrogen-bond acceptors (Lipinski definition) is 4. The standard InChI is InChI=1S/C23H27ClF3N5O2/c1-6-11-30(8-3)20(33)14-31-22(34)32(19(7-2)28-13-16(5)23(25,26)27)21(29-31)18-10-9-17(24)12-15(18)4/h7,9-10,12-13H,2,6,8,11,14H2,1,3-5H3/b16-13+,28-19?. The number of likely N-dealkylation sites (N-methyl/N-ethyl adjacent to an activating group) is 1. The summed E-state index contributed by atoms with van der Waals surface area (Å²) < 4.78 is 40.8. The van der Waals surface area contributed by atoms with Crippen molar-refractivity contribution in [3.63, 3.8) is 0 Å². The maximum Gasteiger partial charge on any atom is 0.413 e. The molecule has 2 rings (SSSR count). The first kappa shape index (κ1) is 27.1. The molecular weight excluding hydrogens is 471 g/mol. The normalized spacial score (nSPS) is 12.7. The maximum atomic E-state index is 13.3. The summed E-state index contributed by atoms with van der Waals surface area (Å²) >= 11 is 6.05. The Hall–Kier alpha value is -3.14. The van der Waals surface area contributed by atoms with Gasteiger partial charge in [-0.25, -0.2) is 19.0 Å². The van der Waals surface area contributed by atoms with Crippen LogP contribution in [-0.4, -0.2) is 50.3 Å². The van der Waals surface area contributed by atoms with E-state index < -0.39 is 17.4 Å². The highest BCUT2D eigenvalue weighted by Crippen LogP contribution is 2.26. The fourth-order valence-electron chi connectivity index (χ4n) is 3.16. The number of amides is 1. The van der Waals surface area contributed by atoms with Crippen LogP contribution in [0.5, 0.6) is 0 Å². The fourth-order valence-corrected chi connectivity index (χ4v) is 3.39. The molecule has 0 atom stereocenters. The number of aromatic nitrogens is 3. The van der Waals surface area contributed by atoms with Gasteiger partial charge in [0.2, 0.25) is 5.91 Å². The fraction of sp³-hybridized carbons (Fsp3) is 0.391. The molecule has 0 aliphatic rings. The average Bonchev–Trinajstić information content (AvgIpc) is 3.07. The predicted molar refractivity (Wildman–Crippen MR) is 127 cm³/mol. The monoisotopic (exact) mass is 497 g/mol. The van der Waals surface area contributed by atoms with E-state index in [2.05, 4.69) is 16.7 Å². The van der Waals surface area contributed by atoms with Crippen LogP contribution >= 0.6 is 11.6 Å². The minimum Gasteiger partial charge on any atom is -0.341 e. The summed E-state index contributed by atoms with van der Waals surface area (Å²) in [6.45, 7) is 10.6. The van der Waals surface area contributed by atoms with E-state index in [1.165, 1.54) is 0 Å². The van der Waals surface area contributed by atoms with Gasteiger partial charge in [-0.15, -0.1) is 5.10 Å². The molecule has 0 spiro atoms. The van der Waals surface area contributed by atoms with Crippen LogP contribution in [0.3, 0.4) is 0 Å². The molecule has 0 unspecified atom stereocenters. The summed E-state index contributed by atoms with van der Waals surface area (Å²) in [5.74, 6) is -0.375. The van der Waals surface area contributed by atoms with Crippen LogP contribution in [0, 0.1) is 6.92 Å². The molecule has 1 aromatic heterocycles. The van der Waals surface area contributed by atoms with Crippen LogP contribution in [0.15, 0.2) is 52.4 Å². The summed E-state index contributed by atoms with van der Waals surface area (Å²) in [4.78, 5) is 31.5. The van der Waals surface area contributed by atoms with Gasteiger partial charge in [-0.3, -0.25) is 4.79 Å². The molecule has 7 nitrogen and oxygen atoms in total. The molecule has 1 aromatic carbocycles. The van der Waals surface area contributed by atoms with E-state index in [4.69, 9.17) is 11.6 Å². The highest BCUT2D eigenvalue weighted by atomic mass is 35.5. The molecule has 11 heteroatoms. The zero-order valence-electron chi connectivity index (χ0n) is 19.5. The molecule has 1 heterocycles. The van der Waals surface area contributed by atoms with Gasteiger partial charge in [0, 0.05) is 35.4 Å². The number of aliphatic imine (C=N–C) groups is 1. The molecule has 0 saturated carbocycles. The van der Waals surface area contributed by atoms with Crippen LogP contribution in [0.2, 0.25) is 5.02 Å². The third-order valence-corrected chi connectivity index (χ3v) is 5.27. The van der Waals surface area contributed by atoms with Crippen molar-refractivity contribution in [1.29, 1.82) is 0 Å². The van der Waals surface area contributed by atoms with Gasteiger partial charge < -0.3 is 4.90 Å². The van der Waals surface area contributed by atoms with E-state index in [-0.39, 0.29) is 24.1 Å². The molecule has 0 fully saturated rings. The van der Waals surface area contributed by atoms with Crippen molar-refractivity contribution < 1.29 is 18.0 Å². The van der Waals surface area contributed by atoms with E-state index in [1.54, 1.807) is 30.0 Å². The number of allylic oxidation sites excluding steroid dienone is 2. The molecule has 0 radical (unpaired) electrons. The van der Waals surface area contributed by atoms with Crippen LogP contribution in [-0.2, 0) is 11.3 Å². The molecule has 34 heavy (non-hydrogen) atoms. The zero-order chi connectivity index (χ0) is 25.6. The van der Waals surface area contributed by atoms with E-state index in [9.17, 15) is 22.8 Å². The summed E-state index contributed by atoms with van der Waals surface area (Å²) in [5.41, 5.74) is -0.518. The Bertz CT molecular complexity index is 1180. The van der Waals surface area contributed by atoms with Gasteiger partial charge in [0.05, 0.1) is 0 Å². The van der Waals surface area contributed by atoms with Crippen molar-refractivity contribution >= 4 is 23.3 Å². The predicted octanol–water partition coefficient (Wildman–Crippen LogP) is 4.83. The minimum absolute atomic E-state index is 0.0993. The lowest BCUT2D eigenvalue weighted by molar-refractivity contribution is -0.132. The number of rotatable bonds is 8. The molecular formula is C23H27ClF3N5O2. The quantitative estimate of drug-likeness (QED) is 0.387. The number of nitrogens with zero attached hydrogens (tertiary/aromatic N) is 5. The van der Waals surface area contributed by atoms with Gasteiger partial charge >= 0.3 is 11.9 Å². The van der Waals surface area contributed by atoms with Crippen molar-refractivity contribution in [3.8, 4) is 11.4 Å². The molecule has 0 aliphatic heterocycles. The summed E-state index contributed by atoms with van der Waals surface area (Å²) in [5, 5.41) is 4.80. The Kier molecular flexibility index (Phi) is 9.03. The highest BCUT2D eigenvalue weighted by molar-refractivity contribution is 6.30. The lowest BCUT2D eigenvalue weighted by Crippen LogP contribution is -2.38. The van der Waals surface area contributed by atoms with Crippen LogP contribution in [0.1, 0.15) is 32.8 Å². The van der Waals surface area contributed by atoms with Crippen molar-refractivity contribution in [1.82, 2.24) is 19.2 Å². The topological polar surface area (TPSA) is 72.5 Å². The summed E-state index contributed by atoms with van der Waals surface area (Å²) in [7, 11) is 0. The molecule has 184 valence electrons. The summed E-state index contributed by atoms with van der Waals surface area (Å²) in [6.07, 6.45) is -2.06. The number of benzene rings is 1. The third-order valence-electron chi connectivity index (χ3n) is 5.03. The first-order chi connectivity index (χ1) is 15.9. The lowest BCUT2D eigenvalue weighted by Gasteiger charge is -2.19. The van der Waals surface area contributed by atoms with Gasteiger partial charge in [0.25, 0.3) is 0 Å². The maximum absolute atomic E-state index is 13.3. The lowest BCUT2D eigenvalue weighted by atomic mass is 10.1. The van der Waals surface area contributed by atoms with Gasteiger partial charge in [0.15, 0.2) is 5.82 Å².